The second-order valence-electron chi connectivity index (χ2n) is 7.48. The molecular weight excluding hydrogens is 382 g/mol. The number of hydrogen-bond donors (Lipinski definition) is 5. The van der Waals surface area contributed by atoms with Crippen LogP contribution in [-0.2, 0) is 19.2 Å². The maximum Gasteiger partial charge on any atom is 0.243 e. The molecule has 0 aromatic rings. The Morgan fingerprint density at radius 1 is 0.964 bits per heavy atom. The van der Waals surface area contributed by atoms with E-state index in [1.165, 1.54) is 11.8 Å². The Bertz CT molecular complexity index is 542. The SMILES string of the molecule is CSCC[C@H](NC(=O)[C@H](CC(C)C)NC(=O)CNC(=O)[C@@H](N)C(C)C)C(N)=O. The quantitative estimate of drug-likeness (QED) is 0.268. The summed E-state index contributed by atoms with van der Waals surface area (Å²) in [7, 11) is 0. The lowest BCUT2D eigenvalue weighted by atomic mass is 10.0. The average Bonchev–Trinajstić information content (AvgIpc) is 2.60. The Morgan fingerprint density at radius 3 is 2.04 bits per heavy atom. The normalized spacial score (nSPS) is 14.3. The third kappa shape index (κ3) is 10.5. The molecule has 28 heavy (non-hydrogen) atoms. The maximum absolute atomic E-state index is 12.6. The Hall–Kier alpha value is -1.81. The van der Waals surface area contributed by atoms with Crippen molar-refractivity contribution in [1.29, 1.82) is 0 Å². The zero-order valence-electron chi connectivity index (χ0n) is 17.4. The zero-order chi connectivity index (χ0) is 21.9. The van der Waals surface area contributed by atoms with Gasteiger partial charge in [-0.25, -0.2) is 0 Å². The summed E-state index contributed by atoms with van der Waals surface area (Å²) in [5, 5.41) is 7.68. The van der Waals surface area contributed by atoms with Gasteiger partial charge in [-0.1, -0.05) is 27.7 Å². The molecule has 0 spiro atoms. The molecule has 4 amide bonds. The van der Waals surface area contributed by atoms with E-state index in [4.69, 9.17) is 11.5 Å². The molecule has 0 aliphatic carbocycles. The van der Waals surface area contributed by atoms with Crippen LogP contribution in [0.25, 0.3) is 0 Å². The van der Waals surface area contributed by atoms with E-state index in [0.717, 1.165) is 0 Å². The van der Waals surface area contributed by atoms with Crippen LogP contribution in [0.2, 0.25) is 0 Å². The summed E-state index contributed by atoms with van der Waals surface area (Å²) in [6, 6.07) is -2.34. The standard InChI is InChI=1S/C18H35N5O4S/c1-10(2)8-13(17(26)23-12(16(20)25)6-7-28-5)22-14(24)9-21-18(27)15(19)11(3)4/h10-13,15H,6-9,19H2,1-5H3,(H2,20,25)(H,21,27)(H,22,24)(H,23,26)/t12-,13-,15-/m0/s1. The minimum Gasteiger partial charge on any atom is -0.368 e. The number of amides is 4. The van der Waals surface area contributed by atoms with Crippen molar-refractivity contribution in [2.45, 2.75) is 58.7 Å². The van der Waals surface area contributed by atoms with E-state index >= 15 is 0 Å². The first-order valence-electron chi connectivity index (χ1n) is 9.40. The first kappa shape index (κ1) is 26.2. The molecular formula is C18H35N5O4S. The van der Waals surface area contributed by atoms with Crippen molar-refractivity contribution in [2.24, 2.45) is 23.3 Å². The van der Waals surface area contributed by atoms with Crippen LogP contribution in [0, 0.1) is 11.8 Å². The molecule has 0 aromatic heterocycles. The van der Waals surface area contributed by atoms with Crippen LogP contribution in [0.3, 0.4) is 0 Å². The summed E-state index contributed by atoms with van der Waals surface area (Å²) < 4.78 is 0. The Labute approximate surface area is 171 Å². The van der Waals surface area contributed by atoms with Crippen molar-refractivity contribution in [3.05, 3.63) is 0 Å². The van der Waals surface area contributed by atoms with E-state index in [-0.39, 0.29) is 18.4 Å². The fraction of sp³-hybridized carbons (Fsp3) is 0.778. The molecule has 162 valence electrons. The van der Waals surface area contributed by atoms with Crippen molar-refractivity contribution in [3.8, 4) is 0 Å². The highest BCUT2D eigenvalue weighted by atomic mass is 32.2. The zero-order valence-corrected chi connectivity index (χ0v) is 18.2. The van der Waals surface area contributed by atoms with Gasteiger partial charge in [-0.05, 0) is 36.7 Å². The van der Waals surface area contributed by atoms with Crippen LogP contribution in [0.1, 0.15) is 40.5 Å². The van der Waals surface area contributed by atoms with Gasteiger partial charge in [-0.3, -0.25) is 19.2 Å². The number of thioether (sulfide) groups is 1. The Morgan fingerprint density at radius 2 is 1.57 bits per heavy atom. The highest BCUT2D eigenvalue weighted by molar-refractivity contribution is 7.98. The molecule has 7 N–H and O–H groups in total. The van der Waals surface area contributed by atoms with Crippen molar-refractivity contribution >= 4 is 35.4 Å². The molecule has 0 heterocycles. The number of primary amides is 1. The number of nitrogens with one attached hydrogen (secondary N) is 3. The molecule has 0 saturated carbocycles. The monoisotopic (exact) mass is 417 g/mol. The molecule has 0 radical (unpaired) electrons. The van der Waals surface area contributed by atoms with Crippen LogP contribution in [0.15, 0.2) is 0 Å². The van der Waals surface area contributed by atoms with Crippen LogP contribution in [0.4, 0.5) is 0 Å². The molecule has 0 unspecified atom stereocenters. The summed E-state index contributed by atoms with van der Waals surface area (Å²) in [5.74, 6) is -1.31. The van der Waals surface area contributed by atoms with Gasteiger partial charge in [0, 0.05) is 0 Å². The second-order valence-corrected chi connectivity index (χ2v) is 8.47. The lowest BCUT2D eigenvalue weighted by Gasteiger charge is -2.23. The van der Waals surface area contributed by atoms with Gasteiger partial charge in [-0.15, -0.1) is 0 Å². The summed E-state index contributed by atoms with van der Waals surface area (Å²) >= 11 is 1.54. The molecule has 0 aliphatic rings. The van der Waals surface area contributed by atoms with Crippen molar-refractivity contribution in [1.82, 2.24) is 16.0 Å². The molecule has 0 aliphatic heterocycles. The summed E-state index contributed by atoms with van der Waals surface area (Å²) in [4.78, 5) is 48.2. The van der Waals surface area contributed by atoms with Crippen LogP contribution in [-0.4, -0.2) is 60.3 Å². The average molecular weight is 418 g/mol. The topological polar surface area (TPSA) is 156 Å². The summed E-state index contributed by atoms with van der Waals surface area (Å²) in [5.41, 5.74) is 11.1. The molecule has 0 saturated heterocycles. The van der Waals surface area contributed by atoms with Gasteiger partial charge in [0.1, 0.15) is 12.1 Å². The molecule has 0 bridgehead atoms. The van der Waals surface area contributed by atoms with Crippen LogP contribution < -0.4 is 27.4 Å². The number of carbonyl (C=O) groups is 4. The number of carbonyl (C=O) groups excluding carboxylic acids is 4. The molecule has 0 aromatic carbocycles. The molecule has 9 nitrogen and oxygen atoms in total. The molecule has 0 rings (SSSR count). The molecule has 0 fully saturated rings. The fourth-order valence-electron chi connectivity index (χ4n) is 2.33. The van der Waals surface area contributed by atoms with E-state index in [0.29, 0.717) is 18.6 Å². The highest BCUT2D eigenvalue weighted by Gasteiger charge is 2.26. The minimum atomic E-state index is -0.834. The Kier molecular flexibility index (Phi) is 12.5. The molecule has 10 heteroatoms. The van der Waals surface area contributed by atoms with Crippen molar-refractivity contribution in [3.63, 3.8) is 0 Å². The van der Waals surface area contributed by atoms with Gasteiger partial charge in [0.15, 0.2) is 0 Å². The predicted octanol–water partition coefficient (Wildman–Crippen LogP) is -0.660. The predicted molar refractivity (Wildman–Crippen MR) is 111 cm³/mol. The highest BCUT2D eigenvalue weighted by Crippen LogP contribution is 2.07. The van der Waals surface area contributed by atoms with Gasteiger partial charge >= 0.3 is 0 Å². The van der Waals surface area contributed by atoms with E-state index < -0.39 is 41.8 Å². The van der Waals surface area contributed by atoms with E-state index in [1.54, 1.807) is 13.8 Å². The summed E-state index contributed by atoms with van der Waals surface area (Å²) in [6.07, 6.45) is 2.68. The summed E-state index contributed by atoms with van der Waals surface area (Å²) in [6.45, 7) is 7.15. The first-order chi connectivity index (χ1) is 13.0. The van der Waals surface area contributed by atoms with Gasteiger partial charge < -0.3 is 27.4 Å². The van der Waals surface area contributed by atoms with Gasteiger partial charge in [-0.2, -0.15) is 11.8 Å². The van der Waals surface area contributed by atoms with E-state index in [2.05, 4.69) is 16.0 Å². The molecule has 3 atom stereocenters. The van der Waals surface area contributed by atoms with Crippen LogP contribution >= 0.6 is 11.8 Å². The first-order valence-corrected chi connectivity index (χ1v) is 10.8. The number of rotatable bonds is 13. The van der Waals surface area contributed by atoms with Gasteiger partial charge in [0.25, 0.3) is 0 Å². The lowest BCUT2D eigenvalue weighted by Crippen LogP contribution is -2.55. The third-order valence-electron chi connectivity index (χ3n) is 4.07. The number of hydrogen-bond acceptors (Lipinski definition) is 6. The minimum absolute atomic E-state index is 0.0606. The van der Waals surface area contributed by atoms with Gasteiger partial charge in [0.2, 0.25) is 23.6 Å². The second kappa shape index (κ2) is 13.4. The van der Waals surface area contributed by atoms with Crippen molar-refractivity contribution < 1.29 is 19.2 Å². The number of nitrogens with two attached hydrogens (primary N) is 2. The van der Waals surface area contributed by atoms with Crippen LogP contribution in [0.5, 0.6) is 0 Å². The largest absolute Gasteiger partial charge is 0.368 e. The third-order valence-corrected chi connectivity index (χ3v) is 4.72. The van der Waals surface area contributed by atoms with E-state index in [9.17, 15) is 19.2 Å². The Balaban J connectivity index is 4.87. The lowest BCUT2D eigenvalue weighted by molar-refractivity contribution is -0.132. The van der Waals surface area contributed by atoms with Gasteiger partial charge in [0.05, 0.1) is 12.6 Å². The van der Waals surface area contributed by atoms with E-state index in [1.807, 2.05) is 20.1 Å². The fourth-order valence-corrected chi connectivity index (χ4v) is 2.80. The van der Waals surface area contributed by atoms with Crippen molar-refractivity contribution in [2.75, 3.05) is 18.6 Å². The maximum atomic E-state index is 12.6. The smallest absolute Gasteiger partial charge is 0.243 e.